The topological polar surface area (TPSA) is 50.3 Å². The number of ether oxygens (including phenoxy) is 1. The highest BCUT2D eigenvalue weighted by molar-refractivity contribution is 5.64. The van der Waals surface area contributed by atoms with E-state index < -0.39 is 0 Å². The van der Waals surface area contributed by atoms with Gasteiger partial charge in [0.25, 0.3) is 0 Å². The summed E-state index contributed by atoms with van der Waals surface area (Å²) >= 11 is 0. The molecule has 0 saturated heterocycles. The van der Waals surface area contributed by atoms with Gasteiger partial charge in [-0.25, -0.2) is 4.98 Å². The summed E-state index contributed by atoms with van der Waals surface area (Å²) in [6.07, 6.45) is 3.99. The van der Waals surface area contributed by atoms with E-state index in [0.29, 0.717) is 5.95 Å². The highest BCUT2D eigenvalue weighted by Crippen LogP contribution is 2.27. The zero-order chi connectivity index (χ0) is 16.7. The summed E-state index contributed by atoms with van der Waals surface area (Å²) in [4.78, 5) is 11.3. The Morgan fingerprint density at radius 2 is 1.87 bits per heavy atom. The van der Waals surface area contributed by atoms with E-state index in [-0.39, 0.29) is 0 Å². The summed E-state index contributed by atoms with van der Waals surface area (Å²) in [6, 6.07) is 7.96. The predicted octanol–water partition coefficient (Wildman–Crippen LogP) is 4.16. The van der Waals surface area contributed by atoms with Crippen molar-refractivity contribution in [1.29, 1.82) is 0 Å². The van der Waals surface area contributed by atoms with Gasteiger partial charge >= 0.3 is 0 Å². The minimum Gasteiger partial charge on any atom is -0.495 e. The van der Waals surface area contributed by atoms with Gasteiger partial charge in [0, 0.05) is 19.3 Å². The molecule has 0 saturated carbocycles. The van der Waals surface area contributed by atoms with Crippen LogP contribution in [0.4, 0.5) is 17.5 Å². The molecule has 0 radical (unpaired) electrons. The molecule has 2 rings (SSSR count). The van der Waals surface area contributed by atoms with Crippen molar-refractivity contribution in [1.82, 2.24) is 9.97 Å². The SMILES string of the molecule is CCCN(CCC)c1ccnc(Nc2cc(C)ccc2OC)n1. The molecular weight excluding hydrogens is 288 g/mol. The second-order valence-electron chi connectivity index (χ2n) is 5.55. The lowest BCUT2D eigenvalue weighted by molar-refractivity contribution is 0.416. The molecule has 0 bridgehead atoms. The van der Waals surface area contributed by atoms with Crippen molar-refractivity contribution in [2.75, 3.05) is 30.4 Å². The number of nitrogens with zero attached hydrogens (tertiary/aromatic N) is 3. The third-order valence-electron chi connectivity index (χ3n) is 3.55. The van der Waals surface area contributed by atoms with E-state index in [2.05, 4.69) is 34.0 Å². The zero-order valence-corrected chi connectivity index (χ0v) is 14.5. The smallest absolute Gasteiger partial charge is 0.229 e. The van der Waals surface area contributed by atoms with E-state index in [1.54, 1.807) is 13.3 Å². The van der Waals surface area contributed by atoms with E-state index >= 15 is 0 Å². The molecule has 1 heterocycles. The second-order valence-corrected chi connectivity index (χ2v) is 5.55. The number of aryl methyl sites for hydroxylation is 1. The van der Waals surface area contributed by atoms with Gasteiger partial charge in [0.15, 0.2) is 0 Å². The number of nitrogens with one attached hydrogen (secondary N) is 1. The Hall–Kier alpha value is -2.30. The molecule has 0 amide bonds. The van der Waals surface area contributed by atoms with E-state index in [0.717, 1.165) is 48.7 Å². The minimum absolute atomic E-state index is 0.587. The van der Waals surface area contributed by atoms with Crippen LogP contribution in [0.5, 0.6) is 5.75 Å². The van der Waals surface area contributed by atoms with Crippen LogP contribution in [0.2, 0.25) is 0 Å². The maximum atomic E-state index is 5.40. The van der Waals surface area contributed by atoms with Gasteiger partial charge < -0.3 is 15.0 Å². The number of methoxy groups -OCH3 is 1. The second kappa shape index (κ2) is 8.36. The minimum atomic E-state index is 0.587. The highest BCUT2D eigenvalue weighted by atomic mass is 16.5. The molecule has 23 heavy (non-hydrogen) atoms. The first-order chi connectivity index (χ1) is 11.2. The molecule has 0 aliphatic heterocycles. The fraction of sp³-hybridized carbons (Fsp3) is 0.444. The zero-order valence-electron chi connectivity index (χ0n) is 14.5. The Bertz CT molecular complexity index is 624. The van der Waals surface area contributed by atoms with Crippen LogP contribution in [0.25, 0.3) is 0 Å². The number of aromatic nitrogens is 2. The van der Waals surface area contributed by atoms with Crippen molar-refractivity contribution in [3.05, 3.63) is 36.0 Å². The van der Waals surface area contributed by atoms with Gasteiger partial charge in [-0.2, -0.15) is 4.98 Å². The third-order valence-corrected chi connectivity index (χ3v) is 3.55. The van der Waals surface area contributed by atoms with Gasteiger partial charge in [0.2, 0.25) is 5.95 Å². The van der Waals surface area contributed by atoms with Gasteiger partial charge in [-0.1, -0.05) is 19.9 Å². The molecule has 0 spiro atoms. The first-order valence-electron chi connectivity index (χ1n) is 8.17. The highest BCUT2D eigenvalue weighted by Gasteiger charge is 2.09. The Kier molecular flexibility index (Phi) is 6.20. The Balaban J connectivity index is 2.24. The van der Waals surface area contributed by atoms with Crippen molar-refractivity contribution >= 4 is 17.5 Å². The van der Waals surface area contributed by atoms with Crippen molar-refractivity contribution in [3.8, 4) is 5.75 Å². The quantitative estimate of drug-likeness (QED) is 0.792. The van der Waals surface area contributed by atoms with Crippen LogP contribution in [0.3, 0.4) is 0 Å². The van der Waals surface area contributed by atoms with Crippen LogP contribution in [-0.4, -0.2) is 30.2 Å². The molecule has 0 aliphatic rings. The van der Waals surface area contributed by atoms with Crippen LogP contribution in [0.15, 0.2) is 30.5 Å². The summed E-state index contributed by atoms with van der Waals surface area (Å²) < 4.78 is 5.40. The van der Waals surface area contributed by atoms with E-state index in [9.17, 15) is 0 Å². The van der Waals surface area contributed by atoms with E-state index in [1.807, 2.05) is 31.2 Å². The number of hydrogen-bond acceptors (Lipinski definition) is 5. The molecule has 124 valence electrons. The molecular formula is C18H26N4O. The summed E-state index contributed by atoms with van der Waals surface area (Å²) in [5.74, 6) is 2.32. The number of hydrogen-bond donors (Lipinski definition) is 1. The monoisotopic (exact) mass is 314 g/mol. The van der Waals surface area contributed by atoms with Crippen molar-refractivity contribution in [2.24, 2.45) is 0 Å². The average molecular weight is 314 g/mol. The lowest BCUT2D eigenvalue weighted by Gasteiger charge is -2.22. The van der Waals surface area contributed by atoms with E-state index in [4.69, 9.17) is 4.74 Å². The molecule has 0 aliphatic carbocycles. The Morgan fingerprint density at radius 3 is 2.52 bits per heavy atom. The van der Waals surface area contributed by atoms with Gasteiger partial charge in [-0.15, -0.1) is 0 Å². The van der Waals surface area contributed by atoms with Gasteiger partial charge in [0.1, 0.15) is 11.6 Å². The van der Waals surface area contributed by atoms with E-state index in [1.165, 1.54) is 0 Å². The molecule has 5 nitrogen and oxygen atoms in total. The molecule has 1 aromatic heterocycles. The van der Waals surface area contributed by atoms with Crippen molar-refractivity contribution in [2.45, 2.75) is 33.6 Å². The van der Waals surface area contributed by atoms with Crippen LogP contribution in [-0.2, 0) is 0 Å². The Morgan fingerprint density at radius 1 is 1.13 bits per heavy atom. The van der Waals surface area contributed by atoms with Crippen LogP contribution < -0.4 is 15.0 Å². The Labute approximate surface area is 138 Å². The molecule has 0 unspecified atom stereocenters. The van der Waals surface area contributed by atoms with Gasteiger partial charge in [0.05, 0.1) is 12.8 Å². The standard InChI is InChI=1S/C18H26N4O/c1-5-11-22(12-6-2)17-9-10-19-18(21-17)20-15-13-14(3)7-8-16(15)23-4/h7-10,13H,5-6,11-12H2,1-4H3,(H,19,20,21). The van der Waals surface area contributed by atoms with Crippen LogP contribution >= 0.6 is 0 Å². The van der Waals surface area contributed by atoms with Crippen LogP contribution in [0.1, 0.15) is 32.3 Å². The molecule has 1 N–H and O–H groups in total. The van der Waals surface area contributed by atoms with Crippen molar-refractivity contribution in [3.63, 3.8) is 0 Å². The fourth-order valence-electron chi connectivity index (χ4n) is 2.51. The average Bonchev–Trinajstić information content (AvgIpc) is 2.55. The number of anilines is 3. The first kappa shape index (κ1) is 17.1. The van der Waals surface area contributed by atoms with Gasteiger partial charge in [-0.05, 0) is 43.5 Å². The summed E-state index contributed by atoms with van der Waals surface area (Å²) in [6.45, 7) is 8.41. The normalized spacial score (nSPS) is 10.4. The lowest BCUT2D eigenvalue weighted by atomic mass is 10.2. The first-order valence-corrected chi connectivity index (χ1v) is 8.17. The summed E-state index contributed by atoms with van der Waals surface area (Å²) in [7, 11) is 1.66. The molecule has 0 fully saturated rings. The summed E-state index contributed by atoms with van der Waals surface area (Å²) in [5, 5.41) is 3.27. The fourth-order valence-corrected chi connectivity index (χ4v) is 2.51. The molecule has 1 aromatic carbocycles. The predicted molar refractivity (Wildman–Crippen MR) is 95.8 cm³/mol. The number of benzene rings is 1. The third kappa shape index (κ3) is 4.58. The number of rotatable bonds is 8. The van der Waals surface area contributed by atoms with Crippen molar-refractivity contribution < 1.29 is 4.74 Å². The molecule has 5 heteroatoms. The molecule has 2 aromatic rings. The maximum Gasteiger partial charge on any atom is 0.229 e. The van der Waals surface area contributed by atoms with Crippen LogP contribution in [0, 0.1) is 6.92 Å². The molecule has 0 atom stereocenters. The largest absolute Gasteiger partial charge is 0.495 e. The lowest BCUT2D eigenvalue weighted by Crippen LogP contribution is -2.26. The maximum absolute atomic E-state index is 5.40. The summed E-state index contributed by atoms with van der Waals surface area (Å²) in [5.41, 5.74) is 2.03. The van der Waals surface area contributed by atoms with Gasteiger partial charge in [-0.3, -0.25) is 0 Å².